The molecule has 0 saturated heterocycles. The molecule has 2 aromatic carbocycles. The molecule has 3 N–H and O–H groups in total. The molecule has 130 valence electrons. The summed E-state index contributed by atoms with van der Waals surface area (Å²) in [6, 6.07) is 11.7. The van der Waals surface area contributed by atoms with Gasteiger partial charge in [-0.05, 0) is 61.2 Å². The third-order valence-corrected chi connectivity index (χ3v) is 4.14. The largest absolute Gasteiger partial charge is 0.504 e. The highest BCUT2D eigenvalue weighted by atomic mass is 16.5. The highest BCUT2D eigenvalue weighted by molar-refractivity contribution is 5.43. The van der Waals surface area contributed by atoms with Crippen molar-refractivity contribution in [3.05, 3.63) is 53.1 Å². The maximum atomic E-state index is 9.72. The lowest BCUT2D eigenvalue weighted by Gasteiger charge is -2.18. The number of benzene rings is 2. The molecular weight excluding hydrogens is 302 g/mol. The molecule has 4 heteroatoms. The fourth-order valence-corrected chi connectivity index (χ4v) is 2.77. The number of aryl methyl sites for hydroxylation is 1. The Morgan fingerprint density at radius 1 is 1.12 bits per heavy atom. The van der Waals surface area contributed by atoms with Gasteiger partial charge in [0.25, 0.3) is 0 Å². The number of aromatic hydroxyl groups is 1. The monoisotopic (exact) mass is 329 g/mol. The van der Waals surface area contributed by atoms with Crippen molar-refractivity contribution < 1.29 is 14.6 Å². The van der Waals surface area contributed by atoms with Crippen molar-refractivity contribution in [2.45, 2.75) is 32.6 Å². The maximum absolute atomic E-state index is 9.72. The minimum Gasteiger partial charge on any atom is -0.504 e. The van der Waals surface area contributed by atoms with E-state index in [0.717, 1.165) is 36.3 Å². The molecule has 1 atom stereocenters. The van der Waals surface area contributed by atoms with Crippen LogP contribution in [0.25, 0.3) is 0 Å². The zero-order chi connectivity index (χ0) is 17.5. The molecule has 24 heavy (non-hydrogen) atoms. The van der Waals surface area contributed by atoms with Crippen molar-refractivity contribution >= 4 is 0 Å². The Hall–Kier alpha value is -2.20. The summed E-state index contributed by atoms with van der Waals surface area (Å²) in [5, 5.41) is 9.72. The topological polar surface area (TPSA) is 64.7 Å². The first-order valence-electron chi connectivity index (χ1n) is 8.38. The van der Waals surface area contributed by atoms with Crippen LogP contribution in [0, 0.1) is 6.92 Å². The Morgan fingerprint density at radius 2 is 1.92 bits per heavy atom. The van der Waals surface area contributed by atoms with Crippen LogP contribution in [0.3, 0.4) is 0 Å². The molecule has 0 aliphatic carbocycles. The normalized spacial score (nSPS) is 12.0. The molecule has 0 amide bonds. The highest BCUT2D eigenvalue weighted by Crippen LogP contribution is 2.30. The molecule has 2 rings (SSSR count). The van der Waals surface area contributed by atoms with Gasteiger partial charge in [0.05, 0.1) is 13.7 Å². The number of nitrogens with two attached hydrogens (primary N) is 1. The van der Waals surface area contributed by atoms with E-state index in [9.17, 15) is 5.11 Å². The summed E-state index contributed by atoms with van der Waals surface area (Å²) >= 11 is 0. The van der Waals surface area contributed by atoms with Crippen LogP contribution in [0.1, 0.15) is 36.0 Å². The number of hydrogen-bond acceptors (Lipinski definition) is 4. The fraction of sp³-hybridized carbons (Fsp3) is 0.400. The molecule has 0 spiro atoms. The SMILES string of the molecule is CCCOc1ccc(C(CN)Cc2ccc(O)c(OC)c2)cc1C. The molecule has 0 aliphatic heterocycles. The molecular formula is C20H27NO3. The van der Waals surface area contributed by atoms with E-state index in [2.05, 4.69) is 26.0 Å². The van der Waals surface area contributed by atoms with Crippen LogP contribution in [-0.4, -0.2) is 25.4 Å². The second kappa shape index (κ2) is 8.60. The Balaban J connectivity index is 2.17. The van der Waals surface area contributed by atoms with Crippen molar-refractivity contribution in [3.63, 3.8) is 0 Å². The van der Waals surface area contributed by atoms with E-state index in [-0.39, 0.29) is 11.7 Å². The predicted molar refractivity (Wildman–Crippen MR) is 97.1 cm³/mol. The van der Waals surface area contributed by atoms with E-state index in [0.29, 0.717) is 12.3 Å². The average Bonchev–Trinajstić information content (AvgIpc) is 2.60. The summed E-state index contributed by atoms with van der Waals surface area (Å²) in [6.45, 7) is 5.44. The minimum absolute atomic E-state index is 0.152. The van der Waals surface area contributed by atoms with E-state index in [4.69, 9.17) is 15.2 Å². The molecule has 0 radical (unpaired) electrons. The van der Waals surface area contributed by atoms with Gasteiger partial charge in [-0.1, -0.05) is 25.1 Å². The zero-order valence-corrected chi connectivity index (χ0v) is 14.7. The summed E-state index contributed by atoms with van der Waals surface area (Å²) in [5.74, 6) is 1.78. The van der Waals surface area contributed by atoms with Crippen molar-refractivity contribution in [3.8, 4) is 17.2 Å². The first kappa shape index (κ1) is 18.1. The third-order valence-electron chi connectivity index (χ3n) is 4.14. The van der Waals surface area contributed by atoms with E-state index in [1.165, 1.54) is 5.56 Å². The summed E-state index contributed by atoms with van der Waals surface area (Å²) in [5.41, 5.74) is 9.42. The molecule has 1 unspecified atom stereocenters. The van der Waals surface area contributed by atoms with Gasteiger partial charge in [-0.15, -0.1) is 0 Å². The number of methoxy groups -OCH3 is 1. The van der Waals surface area contributed by atoms with Crippen molar-refractivity contribution in [2.75, 3.05) is 20.3 Å². The third kappa shape index (κ3) is 4.42. The van der Waals surface area contributed by atoms with Crippen LogP contribution in [-0.2, 0) is 6.42 Å². The second-order valence-electron chi connectivity index (χ2n) is 6.02. The van der Waals surface area contributed by atoms with Crippen LogP contribution in [0.15, 0.2) is 36.4 Å². The van der Waals surface area contributed by atoms with Crippen LogP contribution in [0.4, 0.5) is 0 Å². The number of ether oxygens (including phenoxy) is 2. The summed E-state index contributed by atoms with van der Waals surface area (Å²) in [7, 11) is 1.55. The number of phenols is 1. The van der Waals surface area contributed by atoms with E-state index in [1.807, 2.05) is 18.2 Å². The Labute approximate surface area is 144 Å². The smallest absolute Gasteiger partial charge is 0.160 e. The van der Waals surface area contributed by atoms with Gasteiger partial charge in [0, 0.05) is 5.92 Å². The lowest BCUT2D eigenvalue weighted by molar-refractivity contribution is 0.315. The first-order chi connectivity index (χ1) is 11.6. The van der Waals surface area contributed by atoms with Crippen LogP contribution >= 0.6 is 0 Å². The molecule has 0 bridgehead atoms. The second-order valence-corrected chi connectivity index (χ2v) is 6.02. The predicted octanol–water partition coefficient (Wildman–Crippen LogP) is 3.78. The molecule has 0 saturated carbocycles. The Kier molecular flexibility index (Phi) is 6.50. The van der Waals surface area contributed by atoms with Crippen molar-refractivity contribution in [1.82, 2.24) is 0 Å². The van der Waals surface area contributed by atoms with Gasteiger partial charge in [-0.3, -0.25) is 0 Å². The highest BCUT2D eigenvalue weighted by Gasteiger charge is 2.14. The van der Waals surface area contributed by atoms with E-state index < -0.39 is 0 Å². The van der Waals surface area contributed by atoms with Gasteiger partial charge in [-0.2, -0.15) is 0 Å². The van der Waals surface area contributed by atoms with Gasteiger partial charge in [0.1, 0.15) is 5.75 Å². The summed E-state index contributed by atoms with van der Waals surface area (Å²) < 4.78 is 10.9. The first-order valence-corrected chi connectivity index (χ1v) is 8.38. The lowest BCUT2D eigenvalue weighted by atomic mass is 9.91. The number of hydrogen-bond donors (Lipinski definition) is 2. The van der Waals surface area contributed by atoms with Crippen molar-refractivity contribution in [1.29, 1.82) is 0 Å². The number of rotatable bonds is 8. The standard InChI is InChI=1S/C20H27NO3/c1-4-9-24-19-8-6-16(10-14(19)2)17(13-21)11-15-5-7-18(22)20(12-15)23-3/h5-8,10,12,17,22H,4,9,11,13,21H2,1-3H3. The minimum atomic E-state index is 0.152. The maximum Gasteiger partial charge on any atom is 0.160 e. The summed E-state index contributed by atoms with van der Waals surface area (Å²) in [6.07, 6.45) is 1.79. The molecule has 0 fully saturated rings. The van der Waals surface area contributed by atoms with Gasteiger partial charge >= 0.3 is 0 Å². The summed E-state index contributed by atoms with van der Waals surface area (Å²) in [4.78, 5) is 0. The molecule has 0 aromatic heterocycles. The molecule has 2 aromatic rings. The quantitative estimate of drug-likeness (QED) is 0.773. The van der Waals surface area contributed by atoms with Crippen LogP contribution in [0.2, 0.25) is 0 Å². The zero-order valence-electron chi connectivity index (χ0n) is 14.7. The Bertz CT molecular complexity index is 670. The van der Waals surface area contributed by atoms with Gasteiger partial charge in [-0.25, -0.2) is 0 Å². The van der Waals surface area contributed by atoms with Crippen LogP contribution in [0.5, 0.6) is 17.2 Å². The van der Waals surface area contributed by atoms with Gasteiger partial charge in [0.15, 0.2) is 11.5 Å². The molecule has 0 heterocycles. The lowest BCUT2D eigenvalue weighted by Crippen LogP contribution is -2.15. The molecule has 4 nitrogen and oxygen atoms in total. The van der Waals surface area contributed by atoms with E-state index in [1.54, 1.807) is 13.2 Å². The Morgan fingerprint density at radius 3 is 2.54 bits per heavy atom. The van der Waals surface area contributed by atoms with Crippen LogP contribution < -0.4 is 15.2 Å². The molecule has 0 aliphatic rings. The van der Waals surface area contributed by atoms with Crippen molar-refractivity contribution in [2.24, 2.45) is 5.73 Å². The fourth-order valence-electron chi connectivity index (χ4n) is 2.77. The van der Waals surface area contributed by atoms with Gasteiger partial charge in [0.2, 0.25) is 0 Å². The number of phenolic OH excluding ortho intramolecular Hbond substituents is 1. The van der Waals surface area contributed by atoms with Gasteiger partial charge < -0.3 is 20.3 Å². The van der Waals surface area contributed by atoms with E-state index >= 15 is 0 Å². The average molecular weight is 329 g/mol.